The van der Waals surface area contributed by atoms with E-state index >= 15 is 0 Å². The first-order chi connectivity index (χ1) is 6.43. The van der Waals surface area contributed by atoms with Crippen LogP contribution in [-0.2, 0) is 0 Å². The largest absolute Gasteiger partial charge is 0.396 e. The van der Waals surface area contributed by atoms with E-state index in [1.807, 2.05) is 11.8 Å². The molecule has 0 heterocycles. The van der Waals surface area contributed by atoms with Gasteiger partial charge in [-0.1, -0.05) is 32.1 Å². The van der Waals surface area contributed by atoms with Gasteiger partial charge < -0.3 is 5.11 Å². The highest BCUT2D eigenvalue weighted by Crippen LogP contribution is 2.30. The molecule has 0 aliphatic heterocycles. The molecular formula is C11H22OS. The molecule has 78 valence electrons. The predicted octanol–water partition coefficient (Wildman–Crippen LogP) is 3.07. The summed E-state index contributed by atoms with van der Waals surface area (Å²) in [6.07, 6.45) is 9.72. The number of aliphatic hydroxyl groups is 1. The maximum Gasteiger partial charge on any atom is 0.0438 e. The topological polar surface area (TPSA) is 20.2 Å². The molecule has 0 spiro atoms. The lowest BCUT2D eigenvalue weighted by atomic mass is 9.82. The molecule has 0 saturated heterocycles. The fourth-order valence-corrected chi connectivity index (χ4v) is 2.63. The van der Waals surface area contributed by atoms with E-state index in [9.17, 15) is 0 Å². The Hall–Kier alpha value is 0.310. The number of thioether (sulfide) groups is 1. The molecule has 0 aromatic rings. The van der Waals surface area contributed by atoms with E-state index in [-0.39, 0.29) is 0 Å². The standard InChI is InChI=1S/C11H22OS/c12-8-4-10-13-9-2-1-5-11-6-3-7-11/h11-12H,1-10H2. The molecule has 0 unspecified atom stereocenters. The van der Waals surface area contributed by atoms with E-state index in [1.165, 1.54) is 44.3 Å². The zero-order valence-electron chi connectivity index (χ0n) is 8.50. The summed E-state index contributed by atoms with van der Waals surface area (Å²) in [6, 6.07) is 0. The number of unbranched alkanes of at least 4 members (excludes halogenated alkanes) is 1. The van der Waals surface area contributed by atoms with Crippen molar-refractivity contribution in [2.75, 3.05) is 18.1 Å². The van der Waals surface area contributed by atoms with Crippen LogP contribution in [0.15, 0.2) is 0 Å². The van der Waals surface area contributed by atoms with Gasteiger partial charge in [-0.3, -0.25) is 0 Å². The zero-order chi connectivity index (χ0) is 9.36. The van der Waals surface area contributed by atoms with Crippen molar-refractivity contribution in [3.05, 3.63) is 0 Å². The molecule has 0 atom stereocenters. The Balaban J connectivity index is 1.68. The van der Waals surface area contributed by atoms with E-state index < -0.39 is 0 Å². The van der Waals surface area contributed by atoms with Crippen LogP contribution in [0.1, 0.15) is 44.9 Å². The fourth-order valence-electron chi connectivity index (χ4n) is 1.69. The molecule has 0 radical (unpaired) electrons. The Kier molecular flexibility index (Phi) is 6.73. The average molecular weight is 202 g/mol. The van der Waals surface area contributed by atoms with Crippen molar-refractivity contribution in [3.8, 4) is 0 Å². The lowest BCUT2D eigenvalue weighted by Gasteiger charge is -2.24. The molecular weight excluding hydrogens is 180 g/mol. The highest BCUT2D eigenvalue weighted by Gasteiger charge is 2.15. The van der Waals surface area contributed by atoms with Gasteiger partial charge in [0.1, 0.15) is 0 Å². The van der Waals surface area contributed by atoms with Crippen molar-refractivity contribution in [2.45, 2.75) is 44.9 Å². The Labute approximate surface area is 86.3 Å². The van der Waals surface area contributed by atoms with Gasteiger partial charge in [-0.05, 0) is 30.3 Å². The molecule has 1 N–H and O–H groups in total. The summed E-state index contributed by atoms with van der Waals surface area (Å²) in [6.45, 7) is 0.356. The van der Waals surface area contributed by atoms with Gasteiger partial charge in [-0.15, -0.1) is 0 Å². The van der Waals surface area contributed by atoms with Crippen molar-refractivity contribution in [2.24, 2.45) is 5.92 Å². The maximum absolute atomic E-state index is 8.57. The van der Waals surface area contributed by atoms with Crippen LogP contribution in [0, 0.1) is 5.92 Å². The minimum absolute atomic E-state index is 0.356. The first kappa shape index (κ1) is 11.4. The van der Waals surface area contributed by atoms with Gasteiger partial charge in [-0.25, -0.2) is 0 Å². The SMILES string of the molecule is OCCCSCCCCC1CCC1. The van der Waals surface area contributed by atoms with E-state index in [0.717, 1.165) is 18.1 Å². The van der Waals surface area contributed by atoms with E-state index in [4.69, 9.17) is 5.11 Å². The Morgan fingerprint density at radius 1 is 1.08 bits per heavy atom. The fraction of sp³-hybridized carbons (Fsp3) is 1.00. The van der Waals surface area contributed by atoms with Crippen LogP contribution in [0.4, 0.5) is 0 Å². The Bertz CT molecular complexity index is 113. The predicted molar refractivity (Wildman–Crippen MR) is 60.2 cm³/mol. The second-order valence-corrected chi connectivity index (χ2v) is 5.21. The third kappa shape index (κ3) is 5.58. The molecule has 1 fully saturated rings. The normalized spacial score (nSPS) is 17.3. The second-order valence-electron chi connectivity index (χ2n) is 3.98. The maximum atomic E-state index is 8.57. The quantitative estimate of drug-likeness (QED) is 0.610. The molecule has 0 aromatic carbocycles. The summed E-state index contributed by atoms with van der Waals surface area (Å²) in [7, 11) is 0. The number of rotatable bonds is 8. The van der Waals surface area contributed by atoms with Crippen LogP contribution < -0.4 is 0 Å². The van der Waals surface area contributed by atoms with Crippen molar-refractivity contribution in [1.29, 1.82) is 0 Å². The summed E-state index contributed by atoms with van der Waals surface area (Å²) in [4.78, 5) is 0. The number of aliphatic hydroxyl groups excluding tert-OH is 1. The van der Waals surface area contributed by atoms with Crippen LogP contribution in [0.3, 0.4) is 0 Å². The van der Waals surface area contributed by atoms with Crippen LogP contribution in [-0.4, -0.2) is 23.2 Å². The van der Waals surface area contributed by atoms with Crippen molar-refractivity contribution in [3.63, 3.8) is 0 Å². The monoisotopic (exact) mass is 202 g/mol. The van der Waals surface area contributed by atoms with E-state index in [2.05, 4.69) is 0 Å². The first-order valence-electron chi connectivity index (χ1n) is 5.62. The first-order valence-corrected chi connectivity index (χ1v) is 6.77. The molecule has 1 aliphatic rings. The minimum atomic E-state index is 0.356. The van der Waals surface area contributed by atoms with Crippen LogP contribution in [0.25, 0.3) is 0 Å². The molecule has 1 nitrogen and oxygen atoms in total. The van der Waals surface area contributed by atoms with Crippen molar-refractivity contribution >= 4 is 11.8 Å². The van der Waals surface area contributed by atoms with Crippen LogP contribution >= 0.6 is 11.8 Å². The highest BCUT2D eigenvalue weighted by molar-refractivity contribution is 7.99. The highest BCUT2D eigenvalue weighted by atomic mass is 32.2. The van der Waals surface area contributed by atoms with Gasteiger partial charge in [0.25, 0.3) is 0 Å². The van der Waals surface area contributed by atoms with Crippen LogP contribution in [0.2, 0.25) is 0 Å². The average Bonchev–Trinajstić information content (AvgIpc) is 2.07. The van der Waals surface area contributed by atoms with Gasteiger partial charge >= 0.3 is 0 Å². The zero-order valence-corrected chi connectivity index (χ0v) is 9.32. The second kappa shape index (κ2) is 7.69. The van der Waals surface area contributed by atoms with Gasteiger partial charge in [0.2, 0.25) is 0 Å². The van der Waals surface area contributed by atoms with Gasteiger partial charge in [0.15, 0.2) is 0 Å². The summed E-state index contributed by atoms with van der Waals surface area (Å²) in [5.74, 6) is 3.52. The Morgan fingerprint density at radius 2 is 1.85 bits per heavy atom. The third-order valence-corrected chi connectivity index (χ3v) is 3.98. The van der Waals surface area contributed by atoms with E-state index in [1.54, 1.807) is 0 Å². The molecule has 0 amide bonds. The lowest BCUT2D eigenvalue weighted by molar-refractivity contribution is 0.289. The van der Waals surface area contributed by atoms with Crippen molar-refractivity contribution in [1.82, 2.24) is 0 Å². The smallest absolute Gasteiger partial charge is 0.0438 e. The molecule has 1 rings (SSSR count). The number of hydrogen-bond donors (Lipinski definition) is 1. The molecule has 1 saturated carbocycles. The van der Waals surface area contributed by atoms with Crippen LogP contribution in [0.5, 0.6) is 0 Å². The summed E-state index contributed by atoms with van der Waals surface area (Å²) < 4.78 is 0. The number of hydrogen-bond acceptors (Lipinski definition) is 2. The Morgan fingerprint density at radius 3 is 2.46 bits per heavy atom. The molecule has 1 aliphatic carbocycles. The van der Waals surface area contributed by atoms with Gasteiger partial charge in [-0.2, -0.15) is 11.8 Å². The molecule has 2 heteroatoms. The molecule has 13 heavy (non-hydrogen) atoms. The van der Waals surface area contributed by atoms with Gasteiger partial charge in [0.05, 0.1) is 0 Å². The molecule has 0 aromatic heterocycles. The summed E-state index contributed by atoms with van der Waals surface area (Å²) in [5.41, 5.74) is 0. The summed E-state index contributed by atoms with van der Waals surface area (Å²) >= 11 is 2.00. The van der Waals surface area contributed by atoms with Crippen molar-refractivity contribution < 1.29 is 5.11 Å². The minimum Gasteiger partial charge on any atom is -0.396 e. The lowest BCUT2D eigenvalue weighted by Crippen LogP contribution is -2.10. The summed E-state index contributed by atoms with van der Waals surface area (Å²) in [5, 5.41) is 8.57. The molecule has 0 bridgehead atoms. The third-order valence-electron chi connectivity index (χ3n) is 2.82. The van der Waals surface area contributed by atoms with E-state index in [0.29, 0.717) is 6.61 Å². The van der Waals surface area contributed by atoms with Gasteiger partial charge in [0, 0.05) is 6.61 Å².